The van der Waals surface area contributed by atoms with Gasteiger partial charge in [0, 0.05) is 24.7 Å². The van der Waals surface area contributed by atoms with Crippen LogP contribution in [0.3, 0.4) is 0 Å². The highest BCUT2D eigenvalue weighted by atomic mass is 35.5. The first-order valence-electron chi connectivity index (χ1n) is 6.17. The molecule has 1 aliphatic rings. The van der Waals surface area contributed by atoms with Gasteiger partial charge in [-0.1, -0.05) is 23.7 Å². The topological polar surface area (TPSA) is 15.3 Å². The van der Waals surface area contributed by atoms with E-state index in [2.05, 4.69) is 44.0 Å². The van der Waals surface area contributed by atoms with Gasteiger partial charge >= 0.3 is 0 Å². The van der Waals surface area contributed by atoms with Gasteiger partial charge in [-0.15, -0.1) is 0 Å². The number of nitrogens with one attached hydrogen (secondary N) is 1. The Morgan fingerprint density at radius 3 is 2.76 bits per heavy atom. The van der Waals surface area contributed by atoms with Crippen LogP contribution in [0.15, 0.2) is 18.2 Å². The Balaban J connectivity index is 2.37. The summed E-state index contributed by atoms with van der Waals surface area (Å²) in [5.41, 5.74) is 2.58. The van der Waals surface area contributed by atoms with Crippen LogP contribution in [0, 0.1) is 6.92 Å². The number of anilines is 1. The maximum absolute atomic E-state index is 6.36. The Morgan fingerprint density at radius 1 is 1.41 bits per heavy atom. The molecule has 0 aliphatic carbocycles. The van der Waals surface area contributed by atoms with Crippen molar-refractivity contribution in [2.24, 2.45) is 0 Å². The van der Waals surface area contributed by atoms with E-state index in [0.717, 1.165) is 18.1 Å². The minimum absolute atomic E-state index is 0.137. The van der Waals surface area contributed by atoms with E-state index in [-0.39, 0.29) is 5.54 Å². The van der Waals surface area contributed by atoms with Gasteiger partial charge in [-0.3, -0.25) is 0 Å². The van der Waals surface area contributed by atoms with E-state index >= 15 is 0 Å². The largest absolute Gasteiger partial charge is 0.364 e. The van der Waals surface area contributed by atoms with E-state index in [1.54, 1.807) is 0 Å². The summed E-state index contributed by atoms with van der Waals surface area (Å²) in [7, 11) is 0. The first kappa shape index (κ1) is 12.7. The fourth-order valence-electron chi connectivity index (χ4n) is 2.46. The molecule has 1 aromatic carbocycles. The number of aryl methyl sites for hydroxylation is 1. The van der Waals surface area contributed by atoms with E-state index < -0.39 is 0 Å². The van der Waals surface area contributed by atoms with Crippen LogP contribution in [-0.2, 0) is 0 Å². The van der Waals surface area contributed by atoms with Gasteiger partial charge in [0.1, 0.15) is 0 Å². The normalized spacial score (nSPS) is 23.8. The van der Waals surface area contributed by atoms with Crippen LogP contribution < -0.4 is 10.2 Å². The lowest BCUT2D eigenvalue weighted by atomic mass is 9.97. The monoisotopic (exact) mass is 252 g/mol. The van der Waals surface area contributed by atoms with Crippen molar-refractivity contribution in [3.8, 4) is 0 Å². The number of rotatable bonds is 1. The van der Waals surface area contributed by atoms with Crippen LogP contribution in [0.4, 0.5) is 5.69 Å². The first-order valence-corrected chi connectivity index (χ1v) is 6.55. The number of nitrogens with zero attached hydrogens (tertiary/aromatic N) is 1. The molecule has 2 rings (SSSR count). The van der Waals surface area contributed by atoms with Crippen molar-refractivity contribution in [3.05, 3.63) is 28.8 Å². The van der Waals surface area contributed by atoms with Gasteiger partial charge in [-0.2, -0.15) is 0 Å². The molecule has 1 fully saturated rings. The van der Waals surface area contributed by atoms with Gasteiger partial charge in [0.25, 0.3) is 0 Å². The number of hydrogen-bond donors (Lipinski definition) is 1. The highest BCUT2D eigenvalue weighted by Crippen LogP contribution is 2.33. The molecule has 1 saturated heterocycles. The summed E-state index contributed by atoms with van der Waals surface area (Å²) in [6.07, 6.45) is 0. The Morgan fingerprint density at radius 2 is 2.12 bits per heavy atom. The highest BCUT2D eigenvalue weighted by Gasteiger charge is 2.31. The lowest BCUT2D eigenvalue weighted by Gasteiger charge is -2.45. The fraction of sp³-hybridized carbons (Fsp3) is 0.571. The molecule has 1 aromatic rings. The van der Waals surface area contributed by atoms with Crippen LogP contribution in [0.1, 0.15) is 26.3 Å². The summed E-state index contributed by atoms with van der Waals surface area (Å²) in [4.78, 5) is 2.42. The minimum atomic E-state index is 0.137. The Kier molecular flexibility index (Phi) is 3.37. The second-order valence-electron chi connectivity index (χ2n) is 5.65. The average molecular weight is 253 g/mol. The number of para-hydroxylation sites is 1. The molecule has 1 atom stereocenters. The fourth-order valence-corrected chi connectivity index (χ4v) is 2.79. The predicted molar refractivity (Wildman–Crippen MR) is 75.1 cm³/mol. The quantitative estimate of drug-likeness (QED) is 0.826. The molecule has 17 heavy (non-hydrogen) atoms. The van der Waals surface area contributed by atoms with Crippen molar-refractivity contribution in [1.29, 1.82) is 0 Å². The number of halogens is 1. The summed E-state index contributed by atoms with van der Waals surface area (Å²) in [5.74, 6) is 0. The molecule has 0 radical (unpaired) electrons. The summed E-state index contributed by atoms with van der Waals surface area (Å²) >= 11 is 6.36. The summed E-state index contributed by atoms with van der Waals surface area (Å²) < 4.78 is 0. The zero-order valence-electron chi connectivity index (χ0n) is 11.0. The number of hydrogen-bond acceptors (Lipinski definition) is 2. The summed E-state index contributed by atoms with van der Waals surface area (Å²) in [5, 5.41) is 4.42. The molecular formula is C14H21ClN2. The summed E-state index contributed by atoms with van der Waals surface area (Å²) in [6, 6.07) is 6.59. The van der Waals surface area contributed by atoms with Gasteiger partial charge < -0.3 is 10.2 Å². The molecule has 2 nitrogen and oxygen atoms in total. The van der Waals surface area contributed by atoms with Gasteiger partial charge in [-0.25, -0.2) is 0 Å². The maximum Gasteiger partial charge on any atom is 0.0642 e. The van der Waals surface area contributed by atoms with Gasteiger partial charge in [0.15, 0.2) is 0 Å². The van der Waals surface area contributed by atoms with Crippen molar-refractivity contribution < 1.29 is 0 Å². The highest BCUT2D eigenvalue weighted by molar-refractivity contribution is 6.33. The minimum Gasteiger partial charge on any atom is -0.364 e. The second kappa shape index (κ2) is 4.51. The molecule has 1 N–H and O–H groups in total. The van der Waals surface area contributed by atoms with Crippen molar-refractivity contribution in [1.82, 2.24) is 5.32 Å². The predicted octanol–water partition coefficient (Wildman–Crippen LogP) is 3.23. The third-order valence-electron chi connectivity index (χ3n) is 3.45. The second-order valence-corrected chi connectivity index (χ2v) is 6.05. The molecule has 1 unspecified atom stereocenters. The molecule has 0 saturated carbocycles. The first-order chi connectivity index (χ1) is 7.91. The van der Waals surface area contributed by atoms with E-state index in [9.17, 15) is 0 Å². The Bertz CT molecular complexity index is 394. The third-order valence-corrected chi connectivity index (χ3v) is 3.75. The maximum atomic E-state index is 6.36. The van der Waals surface area contributed by atoms with Crippen LogP contribution in [0.25, 0.3) is 0 Å². The van der Waals surface area contributed by atoms with E-state index in [4.69, 9.17) is 11.6 Å². The average Bonchev–Trinajstić information content (AvgIpc) is 2.23. The van der Waals surface area contributed by atoms with Gasteiger partial charge in [0.05, 0.1) is 10.7 Å². The van der Waals surface area contributed by atoms with Crippen LogP contribution in [0.2, 0.25) is 5.02 Å². The summed E-state index contributed by atoms with van der Waals surface area (Å²) in [6.45, 7) is 10.8. The standard InChI is InChI=1S/C14H21ClN2/c1-10-6-5-7-12(15)13(10)17-9-14(3,4)16-8-11(17)2/h5-7,11,16H,8-9H2,1-4H3. The van der Waals surface area contributed by atoms with Gasteiger partial charge in [0.2, 0.25) is 0 Å². The number of benzene rings is 1. The lowest BCUT2D eigenvalue weighted by molar-refractivity contribution is 0.318. The molecule has 1 heterocycles. The molecule has 0 bridgehead atoms. The third kappa shape index (κ3) is 2.58. The van der Waals surface area contributed by atoms with Crippen molar-refractivity contribution >= 4 is 17.3 Å². The molecular weight excluding hydrogens is 232 g/mol. The van der Waals surface area contributed by atoms with Crippen LogP contribution in [-0.4, -0.2) is 24.7 Å². The molecule has 0 aromatic heterocycles. The molecule has 1 aliphatic heterocycles. The Labute approximate surface area is 109 Å². The van der Waals surface area contributed by atoms with E-state index in [1.807, 2.05) is 12.1 Å². The lowest BCUT2D eigenvalue weighted by Crippen LogP contribution is -2.61. The SMILES string of the molecule is Cc1cccc(Cl)c1N1CC(C)(C)NCC1C. The van der Waals surface area contributed by atoms with Crippen LogP contribution >= 0.6 is 11.6 Å². The molecule has 3 heteroatoms. The van der Waals surface area contributed by atoms with E-state index in [1.165, 1.54) is 11.3 Å². The Hall–Kier alpha value is -0.730. The van der Waals surface area contributed by atoms with Crippen molar-refractivity contribution in [2.75, 3.05) is 18.0 Å². The molecule has 94 valence electrons. The zero-order valence-corrected chi connectivity index (χ0v) is 11.8. The molecule has 0 spiro atoms. The van der Waals surface area contributed by atoms with Crippen molar-refractivity contribution in [3.63, 3.8) is 0 Å². The molecule has 0 amide bonds. The van der Waals surface area contributed by atoms with Gasteiger partial charge in [-0.05, 0) is 39.3 Å². The van der Waals surface area contributed by atoms with Crippen molar-refractivity contribution in [2.45, 2.75) is 39.3 Å². The smallest absolute Gasteiger partial charge is 0.0642 e. The zero-order chi connectivity index (χ0) is 12.6. The number of piperazine rings is 1. The van der Waals surface area contributed by atoms with Crippen LogP contribution in [0.5, 0.6) is 0 Å². The van der Waals surface area contributed by atoms with E-state index in [0.29, 0.717) is 6.04 Å².